The van der Waals surface area contributed by atoms with Crippen LogP contribution in [0.2, 0.25) is 0 Å². The quantitative estimate of drug-likeness (QED) is 0.405. The lowest BCUT2D eigenvalue weighted by Gasteiger charge is -2.17. The van der Waals surface area contributed by atoms with Crippen LogP contribution >= 0.6 is 0 Å². The molecule has 0 radical (unpaired) electrons. The van der Waals surface area contributed by atoms with Gasteiger partial charge in [-0.05, 0) is 0 Å². The third kappa shape index (κ3) is 3.51. The van der Waals surface area contributed by atoms with Gasteiger partial charge in [0.1, 0.15) is 5.84 Å². The highest BCUT2D eigenvalue weighted by Crippen LogP contribution is 2.16. The van der Waals surface area contributed by atoms with Crippen LogP contribution in [0.1, 0.15) is 27.7 Å². The van der Waals surface area contributed by atoms with Gasteiger partial charge in [-0.2, -0.15) is 0 Å². The number of rotatable bonds is 0. The fraction of sp³-hybridized carbons (Fsp3) is 0.778. The molecule has 0 aromatic heterocycles. The van der Waals surface area contributed by atoms with Gasteiger partial charge in [-0.3, -0.25) is 4.99 Å². The summed E-state index contributed by atoms with van der Waals surface area (Å²) in [7, 11) is 3.35. The monoisotopic (exact) mass is 170 g/mol. The first-order chi connectivity index (χ1) is 5.41. The van der Waals surface area contributed by atoms with Crippen LogP contribution in [0.25, 0.3) is 0 Å². The van der Waals surface area contributed by atoms with Crippen LogP contribution in [0.15, 0.2) is 9.98 Å². The SMILES string of the molecule is C/N=C(\N=C(\C)OC)C(C)(C)C. The Labute approximate surface area is 74.6 Å². The second kappa shape index (κ2) is 4.24. The highest BCUT2D eigenvalue weighted by molar-refractivity contribution is 5.96. The molecule has 0 aliphatic rings. The van der Waals surface area contributed by atoms with Crippen molar-refractivity contribution in [1.29, 1.82) is 0 Å². The predicted molar refractivity (Wildman–Crippen MR) is 52.9 cm³/mol. The summed E-state index contributed by atoms with van der Waals surface area (Å²) in [5.74, 6) is 1.45. The number of hydrogen-bond donors (Lipinski definition) is 0. The number of hydrogen-bond acceptors (Lipinski definition) is 2. The van der Waals surface area contributed by atoms with Gasteiger partial charge in [0.15, 0.2) is 5.90 Å². The molecule has 3 nitrogen and oxygen atoms in total. The van der Waals surface area contributed by atoms with Crippen LogP contribution in [0, 0.1) is 5.41 Å². The van der Waals surface area contributed by atoms with E-state index in [1.54, 1.807) is 14.2 Å². The van der Waals surface area contributed by atoms with E-state index in [2.05, 4.69) is 30.8 Å². The Hall–Kier alpha value is -0.860. The number of amidine groups is 1. The Balaban J connectivity index is 4.63. The highest BCUT2D eigenvalue weighted by Gasteiger charge is 2.17. The number of methoxy groups -OCH3 is 1. The smallest absolute Gasteiger partial charge is 0.186 e. The first kappa shape index (κ1) is 11.1. The fourth-order valence-corrected chi connectivity index (χ4v) is 0.748. The van der Waals surface area contributed by atoms with E-state index in [9.17, 15) is 0 Å². The average Bonchev–Trinajstić information content (AvgIpc) is 1.97. The third-order valence-electron chi connectivity index (χ3n) is 1.44. The van der Waals surface area contributed by atoms with Crippen molar-refractivity contribution in [2.24, 2.45) is 15.4 Å². The summed E-state index contributed by atoms with van der Waals surface area (Å²) in [5, 5.41) is 0. The van der Waals surface area contributed by atoms with Crippen LogP contribution < -0.4 is 0 Å². The maximum absolute atomic E-state index is 4.95. The maximum atomic E-state index is 4.95. The first-order valence-corrected chi connectivity index (χ1v) is 3.98. The van der Waals surface area contributed by atoms with E-state index >= 15 is 0 Å². The summed E-state index contributed by atoms with van der Waals surface area (Å²) < 4.78 is 4.95. The average molecular weight is 170 g/mol. The van der Waals surface area contributed by atoms with Gasteiger partial charge in [0.25, 0.3) is 0 Å². The molecule has 0 spiro atoms. The lowest BCUT2D eigenvalue weighted by Crippen LogP contribution is -2.19. The van der Waals surface area contributed by atoms with Gasteiger partial charge in [0, 0.05) is 19.4 Å². The first-order valence-electron chi connectivity index (χ1n) is 3.98. The predicted octanol–water partition coefficient (Wildman–Crippen LogP) is 2.13. The van der Waals surface area contributed by atoms with Crippen molar-refractivity contribution < 1.29 is 4.74 Å². The van der Waals surface area contributed by atoms with Crippen LogP contribution in [0.4, 0.5) is 0 Å². The summed E-state index contributed by atoms with van der Waals surface area (Å²) in [6.07, 6.45) is 0. The van der Waals surface area contributed by atoms with Crippen molar-refractivity contribution in [2.45, 2.75) is 27.7 Å². The summed E-state index contributed by atoms with van der Waals surface area (Å²) in [6, 6.07) is 0. The fourth-order valence-electron chi connectivity index (χ4n) is 0.748. The van der Waals surface area contributed by atoms with Crippen molar-refractivity contribution in [2.75, 3.05) is 14.2 Å². The normalized spacial score (nSPS) is 14.8. The van der Waals surface area contributed by atoms with E-state index in [0.29, 0.717) is 5.90 Å². The number of ether oxygens (including phenoxy) is 1. The lowest BCUT2D eigenvalue weighted by atomic mass is 9.95. The molecule has 0 aromatic rings. The molecule has 0 rings (SSSR count). The van der Waals surface area contributed by atoms with Gasteiger partial charge in [-0.25, -0.2) is 4.99 Å². The molecule has 0 unspecified atom stereocenters. The van der Waals surface area contributed by atoms with Gasteiger partial charge < -0.3 is 4.74 Å². The molecule has 0 heterocycles. The van der Waals surface area contributed by atoms with Gasteiger partial charge in [-0.15, -0.1) is 0 Å². The van der Waals surface area contributed by atoms with E-state index in [4.69, 9.17) is 4.74 Å². The standard InChI is InChI=1S/C9H18N2O/c1-7(12-6)11-8(10-5)9(2,3)4/h1-6H3/b10-8-,11-7-. The highest BCUT2D eigenvalue weighted by atomic mass is 16.5. The molecule has 0 fully saturated rings. The van der Waals surface area contributed by atoms with Gasteiger partial charge in [0.2, 0.25) is 0 Å². The van der Waals surface area contributed by atoms with Crippen molar-refractivity contribution >= 4 is 11.7 Å². The van der Waals surface area contributed by atoms with Crippen LogP contribution in [0.5, 0.6) is 0 Å². The molecule has 3 heteroatoms. The minimum atomic E-state index is -0.0193. The number of nitrogens with zero attached hydrogens (tertiary/aromatic N) is 2. The van der Waals surface area contributed by atoms with E-state index < -0.39 is 0 Å². The van der Waals surface area contributed by atoms with Crippen LogP contribution in [-0.2, 0) is 4.74 Å². The Morgan fingerprint density at radius 1 is 1.25 bits per heavy atom. The van der Waals surface area contributed by atoms with Crippen molar-refractivity contribution in [1.82, 2.24) is 0 Å². The molecule has 0 saturated carbocycles. The molecule has 0 atom stereocenters. The summed E-state index contributed by atoms with van der Waals surface area (Å²) in [6.45, 7) is 8.03. The summed E-state index contributed by atoms with van der Waals surface area (Å²) in [4.78, 5) is 8.33. The van der Waals surface area contributed by atoms with E-state index in [-0.39, 0.29) is 5.41 Å². The molecule has 0 N–H and O–H groups in total. The molecule has 0 saturated heterocycles. The second-order valence-corrected chi connectivity index (χ2v) is 3.63. The Bertz CT molecular complexity index is 199. The Morgan fingerprint density at radius 2 is 1.75 bits per heavy atom. The molecular weight excluding hydrogens is 152 g/mol. The van der Waals surface area contributed by atoms with Crippen LogP contribution in [0.3, 0.4) is 0 Å². The lowest BCUT2D eigenvalue weighted by molar-refractivity contribution is 0.399. The summed E-state index contributed by atoms with van der Waals surface area (Å²) in [5.41, 5.74) is -0.0193. The largest absolute Gasteiger partial charge is 0.484 e. The zero-order valence-corrected chi connectivity index (χ0v) is 8.80. The zero-order valence-electron chi connectivity index (χ0n) is 8.80. The van der Waals surface area contributed by atoms with E-state index in [1.165, 1.54) is 0 Å². The molecule has 0 bridgehead atoms. The van der Waals surface area contributed by atoms with E-state index in [1.807, 2.05) is 6.92 Å². The maximum Gasteiger partial charge on any atom is 0.186 e. The third-order valence-corrected chi connectivity index (χ3v) is 1.44. The molecule has 0 amide bonds. The minimum absolute atomic E-state index is 0.0193. The molecule has 0 aromatic carbocycles. The number of aliphatic imine (C=N–C) groups is 2. The van der Waals surface area contributed by atoms with Crippen molar-refractivity contribution in [3.8, 4) is 0 Å². The Morgan fingerprint density at radius 3 is 2.00 bits per heavy atom. The Kier molecular flexibility index (Phi) is 3.93. The van der Waals surface area contributed by atoms with Crippen molar-refractivity contribution in [3.05, 3.63) is 0 Å². The van der Waals surface area contributed by atoms with E-state index in [0.717, 1.165) is 5.84 Å². The summed E-state index contributed by atoms with van der Waals surface area (Å²) >= 11 is 0. The molecule has 12 heavy (non-hydrogen) atoms. The van der Waals surface area contributed by atoms with Gasteiger partial charge in [0.05, 0.1) is 7.11 Å². The molecule has 70 valence electrons. The zero-order chi connectivity index (χ0) is 9.78. The van der Waals surface area contributed by atoms with Gasteiger partial charge in [-0.1, -0.05) is 20.8 Å². The molecule has 0 aliphatic carbocycles. The van der Waals surface area contributed by atoms with Crippen molar-refractivity contribution in [3.63, 3.8) is 0 Å². The minimum Gasteiger partial charge on any atom is -0.484 e. The molecular formula is C9H18N2O. The van der Waals surface area contributed by atoms with Gasteiger partial charge >= 0.3 is 0 Å². The second-order valence-electron chi connectivity index (χ2n) is 3.63. The van der Waals surface area contributed by atoms with Crippen LogP contribution in [-0.4, -0.2) is 25.9 Å². The topological polar surface area (TPSA) is 34.0 Å². The molecule has 0 aliphatic heterocycles.